The van der Waals surface area contributed by atoms with Gasteiger partial charge in [0, 0.05) is 37.0 Å². The van der Waals surface area contributed by atoms with Crippen LogP contribution in [-0.4, -0.2) is 40.8 Å². The van der Waals surface area contributed by atoms with E-state index in [1.165, 1.54) is 4.31 Å². The molecule has 3 aromatic rings. The Morgan fingerprint density at radius 1 is 1.03 bits per heavy atom. The van der Waals surface area contributed by atoms with Gasteiger partial charge in [-0.2, -0.15) is 4.31 Å². The quantitative estimate of drug-likeness (QED) is 0.686. The number of hydrogen-bond donors (Lipinski definition) is 1. The maximum absolute atomic E-state index is 12.8. The molecule has 0 aliphatic carbocycles. The summed E-state index contributed by atoms with van der Waals surface area (Å²) in [6.07, 6.45) is 4.32. The van der Waals surface area contributed by atoms with E-state index in [-0.39, 0.29) is 15.8 Å². The van der Waals surface area contributed by atoms with Gasteiger partial charge in [-0.1, -0.05) is 29.8 Å². The number of pyridine rings is 1. The average molecular weight is 431 g/mol. The Labute approximate surface area is 173 Å². The summed E-state index contributed by atoms with van der Waals surface area (Å²) in [6.45, 7) is 0.689. The molecule has 1 aliphatic rings. The molecule has 1 saturated heterocycles. The number of sulfonamides is 1. The zero-order valence-corrected chi connectivity index (χ0v) is 17.0. The fourth-order valence-corrected chi connectivity index (χ4v) is 5.24. The monoisotopic (exact) mass is 430 g/mol. The van der Waals surface area contributed by atoms with Crippen molar-refractivity contribution >= 4 is 21.6 Å². The molecule has 1 fully saturated rings. The van der Waals surface area contributed by atoms with Crippen LogP contribution in [0, 0.1) is 0 Å². The first-order valence-corrected chi connectivity index (χ1v) is 11.0. The van der Waals surface area contributed by atoms with Crippen molar-refractivity contribution in [2.75, 3.05) is 13.1 Å². The molecule has 9 heteroatoms. The summed E-state index contributed by atoms with van der Waals surface area (Å²) < 4.78 is 27.1. The van der Waals surface area contributed by atoms with Gasteiger partial charge in [0.05, 0.1) is 10.6 Å². The summed E-state index contributed by atoms with van der Waals surface area (Å²) in [5.41, 5.74) is 0.848. The minimum absolute atomic E-state index is 0.0622. The first-order valence-electron chi connectivity index (χ1n) is 9.22. The van der Waals surface area contributed by atoms with Crippen molar-refractivity contribution in [3.8, 4) is 11.4 Å². The van der Waals surface area contributed by atoms with E-state index in [0.29, 0.717) is 37.4 Å². The van der Waals surface area contributed by atoms with Gasteiger partial charge in [-0.25, -0.2) is 13.4 Å². The van der Waals surface area contributed by atoms with E-state index in [9.17, 15) is 13.2 Å². The van der Waals surface area contributed by atoms with Gasteiger partial charge in [-0.3, -0.25) is 9.78 Å². The van der Waals surface area contributed by atoms with Gasteiger partial charge in [-0.15, -0.1) is 0 Å². The Morgan fingerprint density at radius 2 is 1.69 bits per heavy atom. The smallest absolute Gasteiger partial charge is 0.270 e. The van der Waals surface area contributed by atoms with Crippen molar-refractivity contribution in [3.63, 3.8) is 0 Å². The Morgan fingerprint density at radius 3 is 2.34 bits per heavy atom. The van der Waals surface area contributed by atoms with Crippen LogP contribution in [0.15, 0.2) is 64.5 Å². The highest BCUT2D eigenvalue weighted by atomic mass is 35.5. The van der Waals surface area contributed by atoms with Crippen molar-refractivity contribution in [2.24, 2.45) is 0 Å². The van der Waals surface area contributed by atoms with Crippen LogP contribution in [0.1, 0.15) is 24.5 Å². The molecule has 0 bridgehead atoms. The fraction of sp³-hybridized carbons (Fsp3) is 0.250. The normalized spacial score (nSPS) is 16.0. The third-order valence-corrected chi connectivity index (χ3v) is 7.34. The second-order valence-corrected chi connectivity index (χ2v) is 9.16. The molecule has 7 nitrogen and oxygen atoms in total. The van der Waals surface area contributed by atoms with E-state index in [2.05, 4.69) is 15.0 Å². The Balaban J connectivity index is 1.58. The van der Waals surface area contributed by atoms with Crippen molar-refractivity contribution in [1.82, 2.24) is 19.3 Å². The van der Waals surface area contributed by atoms with Gasteiger partial charge < -0.3 is 4.98 Å². The summed E-state index contributed by atoms with van der Waals surface area (Å²) in [7, 11) is -3.53. The minimum atomic E-state index is -3.53. The maximum atomic E-state index is 12.8. The lowest BCUT2D eigenvalue weighted by molar-refractivity contribution is 0.316. The molecule has 0 spiro atoms. The van der Waals surface area contributed by atoms with Crippen molar-refractivity contribution in [3.05, 3.63) is 75.9 Å². The number of piperidine rings is 1. The van der Waals surface area contributed by atoms with E-state index >= 15 is 0 Å². The second kappa shape index (κ2) is 8.06. The summed E-state index contributed by atoms with van der Waals surface area (Å²) in [4.78, 5) is 23.9. The number of halogens is 1. The molecular weight excluding hydrogens is 412 g/mol. The van der Waals surface area contributed by atoms with E-state index in [1.54, 1.807) is 54.9 Å². The number of aromatic amines is 1. The summed E-state index contributed by atoms with van der Waals surface area (Å²) >= 11 is 6.26. The predicted octanol–water partition coefficient (Wildman–Crippen LogP) is 3.05. The number of H-pyrrole nitrogens is 1. The molecule has 29 heavy (non-hydrogen) atoms. The van der Waals surface area contributed by atoms with E-state index in [0.717, 1.165) is 5.56 Å². The molecule has 0 saturated carbocycles. The molecule has 150 valence electrons. The molecule has 0 unspecified atom stereocenters. The highest BCUT2D eigenvalue weighted by molar-refractivity contribution is 7.89. The van der Waals surface area contributed by atoms with E-state index in [1.807, 2.05) is 0 Å². The lowest BCUT2D eigenvalue weighted by atomic mass is 9.94. The maximum Gasteiger partial charge on any atom is 0.270 e. The van der Waals surface area contributed by atoms with Crippen LogP contribution in [0.4, 0.5) is 0 Å². The summed E-state index contributed by atoms with van der Waals surface area (Å²) in [5.74, 6) is 0.337. The highest BCUT2D eigenvalue weighted by Crippen LogP contribution is 2.32. The zero-order chi connectivity index (χ0) is 20.4. The van der Waals surface area contributed by atoms with Crippen molar-refractivity contribution < 1.29 is 8.42 Å². The molecule has 0 amide bonds. The third-order valence-electron chi connectivity index (χ3n) is 5.06. The number of nitrogens with one attached hydrogen (secondary N) is 1. The molecule has 1 N–H and O–H groups in total. The molecule has 1 aromatic carbocycles. The van der Waals surface area contributed by atoms with Crippen LogP contribution in [0.2, 0.25) is 5.02 Å². The van der Waals surface area contributed by atoms with Crippen molar-refractivity contribution in [2.45, 2.75) is 23.7 Å². The molecule has 3 heterocycles. The topological polar surface area (TPSA) is 96.0 Å². The molecular formula is C20H19ClN4O3S. The summed E-state index contributed by atoms with van der Waals surface area (Å²) in [5, 5.41) is 0.0622. The Kier molecular flexibility index (Phi) is 5.49. The van der Waals surface area contributed by atoms with Gasteiger partial charge in [0.25, 0.3) is 5.56 Å². The van der Waals surface area contributed by atoms with Crippen LogP contribution in [0.25, 0.3) is 11.4 Å². The van der Waals surface area contributed by atoms with Crippen LogP contribution >= 0.6 is 11.6 Å². The number of nitrogens with zero attached hydrogens (tertiary/aromatic N) is 3. The number of benzene rings is 1. The number of rotatable bonds is 4. The van der Waals surface area contributed by atoms with Crippen LogP contribution in [-0.2, 0) is 10.0 Å². The molecule has 1 aliphatic heterocycles. The van der Waals surface area contributed by atoms with Gasteiger partial charge in [0.2, 0.25) is 10.0 Å². The third kappa shape index (κ3) is 3.96. The Hall–Kier alpha value is -2.55. The highest BCUT2D eigenvalue weighted by Gasteiger charge is 2.31. The predicted molar refractivity (Wildman–Crippen MR) is 110 cm³/mol. The molecule has 0 radical (unpaired) electrons. The second-order valence-electron chi connectivity index (χ2n) is 6.84. The standard InChI is InChI=1S/C20H19ClN4O3S/c21-17-18(23-19(24-20(17)26)15-6-10-22-11-7-15)14-8-12-25(13-9-14)29(27,28)16-4-2-1-3-5-16/h1-7,10-11,14H,8-9,12-13H2,(H,23,24,26). The molecule has 0 atom stereocenters. The zero-order valence-electron chi connectivity index (χ0n) is 15.5. The van der Waals surface area contributed by atoms with Crippen LogP contribution in [0.3, 0.4) is 0 Å². The molecule has 2 aromatic heterocycles. The largest absolute Gasteiger partial charge is 0.305 e. The first-order chi connectivity index (χ1) is 14.0. The lowest BCUT2D eigenvalue weighted by Crippen LogP contribution is -2.38. The minimum Gasteiger partial charge on any atom is -0.305 e. The summed E-state index contributed by atoms with van der Waals surface area (Å²) in [6, 6.07) is 11.9. The van der Waals surface area contributed by atoms with Gasteiger partial charge >= 0.3 is 0 Å². The van der Waals surface area contributed by atoms with Crippen molar-refractivity contribution in [1.29, 1.82) is 0 Å². The Bertz CT molecular complexity index is 1160. The number of aromatic nitrogens is 3. The van der Waals surface area contributed by atoms with Crippen LogP contribution < -0.4 is 5.56 Å². The molecule has 4 rings (SSSR count). The fourth-order valence-electron chi connectivity index (χ4n) is 3.50. The number of hydrogen-bond acceptors (Lipinski definition) is 5. The average Bonchev–Trinajstić information content (AvgIpc) is 2.77. The van der Waals surface area contributed by atoms with Gasteiger partial charge in [0.15, 0.2) is 0 Å². The SMILES string of the molecule is O=c1[nH]c(-c2ccncc2)nc(C2CCN(S(=O)(=O)c3ccccc3)CC2)c1Cl. The van der Waals surface area contributed by atoms with E-state index in [4.69, 9.17) is 11.6 Å². The van der Waals surface area contributed by atoms with E-state index < -0.39 is 15.6 Å². The van der Waals surface area contributed by atoms with Crippen LogP contribution in [0.5, 0.6) is 0 Å². The van der Waals surface area contributed by atoms with Gasteiger partial charge in [-0.05, 0) is 37.1 Å². The lowest BCUT2D eigenvalue weighted by Gasteiger charge is -2.31. The van der Waals surface area contributed by atoms with Gasteiger partial charge in [0.1, 0.15) is 10.8 Å². The first kappa shape index (κ1) is 19.8.